The molecule has 1 fully saturated rings. The number of nitrogens with one attached hydrogen (secondary N) is 1. The van der Waals surface area contributed by atoms with Crippen LogP contribution in [0.3, 0.4) is 0 Å². The molecule has 2 aliphatic heterocycles. The molecule has 166 valence electrons. The van der Waals surface area contributed by atoms with Crippen molar-refractivity contribution in [2.45, 2.75) is 12.5 Å². The van der Waals surface area contributed by atoms with Crippen molar-refractivity contribution in [3.63, 3.8) is 0 Å². The molecule has 2 aromatic rings. The van der Waals surface area contributed by atoms with Gasteiger partial charge in [-0.2, -0.15) is 0 Å². The third-order valence-corrected chi connectivity index (χ3v) is 5.91. The zero-order chi connectivity index (χ0) is 23.5. The van der Waals surface area contributed by atoms with Crippen molar-refractivity contribution in [2.75, 3.05) is 18.5 Å². The minimum atomic E-state index is -2.35. The van der Waals surface area contributed by atoms with Gasteiger partial charge in [0.1, 0.15) is 11.6 Å². The second-order valence-corrected chi connectivity index (χ2v) is 7.69. The van der Waals surface area contributed by atoms with E-state index in [4.69, 9.17) is 0 Å². The molecule has 3 heterocycles. The van der Waals surface area contributed by atoms with Crippen LogP contribution in [0.1, 0.15) is 16.7 Å². The normalized spacial score (nSPS) is 21.4. The molecule has 11 heteroatoms. The van der Waals surface area contributed by atoms with E-state index in [1.165, 1.54) is 26.2 Å². The highest BCUT2D eigenvalue weighted by Crippen LogP contribution is 2.49. The summed E-state index contributed by atoms with van der Waals surface area (Å²) in [6.45, 7) is 0.732. The van der Waals surface area contributed by atoms with E-state index in [1.807, 2.05) is 6.92 Å². The van der Waals surface area contributed by atoms with Gasteiger partial charge in [-0.05, 0) is 6.92 Å². The third-order valence-electron chi connectivity index (χ3n) is 5.91. The Labute approximate surface area is 180 Å². The lowest BCUT2D eigenvalue weighted by Crippen LogP contribution is -2.53. The van der Waals surface area contributed by atoms with E-state index in [2.05, 4.69) is 5.32 Å². The summed E-state index contributed by atoms with van der Waals surface area (Å²) in [6, 6.07) is 6.34. The molecule has 1 saturated heterocycles. The first-order valence-electron chi connectivity index (χ1n) is 9.68. The standard InChI is InChI=1S/C21H20N4O7/c1-10-4-6-11(7-5-10)14(27)12-15(28)18(30)25(8-9-26)21(12)13-16(22-19(21)31)23(2)20(32)24(3)17(13)29/h4-7,26-27H,8-9H2,1-3H3,(H,22,31)/b14-12-. The zero-order valence-corrected chi connectivity index (χ0v) is 17.5. The molecule has 1 aromatic heterocycles. The van der Waals surface area contributed by atoms with E-state index in [0.29, 0.717) is 0 Å². The van der Waals surface area contributed by atoms with Crippen molar-refractivity contribution >= 4 is 29.2 Å². The van der Waals surface area contributed by atoms with Crippen LogP contribution in [0, 0.1) is 6.92 Å². The Morgan fingerprint density at radius 1 is 1.03 bits per heavy atom. The largest absolute Gasteiger partial charge is 0.507 e. The lowest BCUT2D eigenvalue weighted by atomic mass is 9.82. The number of aromatic nitrogens is 2. The molecule has 0 bridgehead atoms. The summed E-state index contributed by atoms with van der Waals surface area (Å²) < 4.78 is 1.75. The molecule has 2 amide bonds. The maximum absolute atomic E-state index is 13.4. The first kappa shape index (κ1) is 21.2. The molecular weight excluding hydrogens is 420 g/mol. The van der Waals surface area contributed by atoms with Crippen LogP contribution in [0.25, 0.3) is 5.76 Å². The Hall–Kier alpha value is -3.99. The SMILES string of the molecule is Cc1ccc(/C(O)=C2\C(=O)C(=O)N(CCO)C23C(=O)Nc2c3c(=O)n(C)c(=O)n2C)cc1. The number of aryl methyl sites for hydroxylation is 1. The second kappa shape index (κ2) is 7.02. The van der Waals surface area contributed by atoms with Crippen molar-refractivity contribution in [3.8, 4) is 0 Å². The minimum absolute atomic E-state index is 0.153. The number of hydrogen-bond acceptors (Lipinski definition) is 7. The number of fused-ring (bicyclic) bond motifs is 2. The van der Waals surface area contributed by atoms with E-state index in [-0.39, 0.29) is 16.9 Å². The molecule has 1 atom stereocenters. The highest BCUT2D eigenvalue weighted by Gasteiger charge is 2.67. The van der Waals surface area contributed by atoms with Gasteiger partial charge in [-0.25, -0.2) is 4.79 Å². The average Bonchev–Trinajstić information content (AvgIpc) is 3.18. The zero-order valence-electron chi connectivity index (χ0n) is 17.5. The molecule has 4 rings (SSSR count). The number of aliphatic hydroxyl groups is 2. The van der Waals surface area contributed by atoms with Gasteiger partial charge in [0.15, 0.2) is 5.54 Å². The van der Waals surface area contributed by atoms with Crippen molar-refractivity contribution in [1.29, 1.82) is 0 Å². The number of nitrogens with zero attached hydrogens (tertiary/aromatic N) is 3. The Morgan fingerprint density at radius 3 is 2.25 bits per heavy atom. The van der Waals surface area contributed by atoms with Gasteiger partial charge in [0, 0.05) is 26.2 Å². The Bertz CT molecular complexity index is 1350. The highest BCUT2D eigenvalue weighted by atomic mass is 16.3. The first-order valence-corrected chi connectivity index (χ1v) is 9.68. The maximum Gasteiger partial charge on any atom is 0.332 e. The van der Waals surface area contributed by atoms with Crippen LogP contribution in [-0.4, -0.2) is 55.0 Å². The fourth-order valence-electron chi connectivity index (χ4n) is 4.31. The molecular formula is C21H20N4O7. The van der Waals surface area contributed by atoms with E-state index < -0.39 is 58.9 Å². The van der Waals surface area contributed by atoms with Gasteiger partial charge in [-0.3, -0.25) is 28.3 Å². The van der Waals surface area contributed by atoms with E-state index in [0.717, 1.165) is 19.6 Å². The number of benzene rings is 1. The van der Waals surface area contributed by atoms with E-state index in [9.17, 15) is 34.2 Å². The van der Waals surface area contributed by atoms with Gasteiger partial charge < -0.3 is 20.4 Å². The van der Waals surface area contributed by atoms with Gasteiger partial charge in [0.05, 0.1) is 17.7 Å². The molecule has 0 aliphatic carbocycles. The predicted octanol–water partition coefficient (Wildman–Crippen LogP) is -1.09. The maximum atomic E-state index is 13.4. The van der Waals surface area contributed by atoms with Gasteiger partial charge in [0.2, 0.25) is 0 Å². The molecule has 3 N–H and O–H groups in total. The Balaban J connectivity index is 2.18. The Kier molecular flexibility index (Phi) is 4.66. The first-order chi connectivity index (χ1) is 15.1. The number of Topliss-reactive ketones (excluding diaryl/α,β-unsaturated/α-hetero) is 1. The van der Waals surface area contributed by atoms with Gasteiger partial charge in [0.25, 0.3) is 23.2 Å². The molecule has 0 radical (unpaired) electrons. The van der Waals surface area contributed by atoms with Gasteiger partial charge in [-0.15, -0.1) is 0 Å². The van der Waals surface area contributed by atoms with Crippen molar-refractivity contribution in [2.24, 2.45) is 14.1 Å². The number of rotatable bonds is 3. The summed E-state index contributed by atoms with van der Waals surface area (Å²) in [5, 5.41) is 23.1. The lowest BCUT2D eigenvalue weighted by Gasteiger charge is -2.32. The average molecular weight is 440 g/mol. The van der Waals surface area contributed by atoms with Gasteiger partial charge in [-0.1, -0.05) is 29.8 Å². The Morgan fingerprint density at radius 2 is 1.66 bits per heavy atom. The third kappa shape index (κ3) is 2.48. The van der Waals surface area contributed by atoms with Crippen LogP contribution >= 0.6 is 0 Å². The fraction of sp³-hybridized carbons (Fsp3) is 0.286. The van der Waals surface area contributed by atoms with Crippen LogP contribution in [0.15, 0.2) is 39.4 Å². The number of amides is 2. The van der Waals surface area contributed by atoms with Crippen LogP contribution in [0.4, 0.5) is 5.82 Å². The number of carbonyl (C=O) groups excluding carboxylic acids is 3. The molecule has 1 unspecified atom stereocenters. The van der Waals surface area contributed by atoms with E-state index >= 15 is 0 Å². The summed E-state index contributed by atoms with van der Waals surface area (Å²) >= 11 is 0. The second-order valence-electron chi connectivity index (χ2n) is 7.69. The molecule has 2 aliphatic rings. The van der Waals surface area contributed by atoms with Crippen molar-refractivity contribution < 1.29 is 24.6 Å². The molecule has 32 heavy (non-hydrogen) atoms. The molecule has 1 spiro atoms. The quantitative estimate of drug-likeness (QED) is 0.312. The predicted molar refractivity (Wildman–Crippen MR) is 112 cm³/mol. The number of anilines is 1. The topological polar surface area (TPSA) is 151 Å². The fourth-order valence-corrected chi connectivity index (χ4v) is 4.31. The van der Waals surface area contributed by atoms with Crippen LogP contribution < -0.4 is 16.6 Å². The molecule has 0 saturated carbocycles. The summed E-state index contributed by atoms with van der Waals surface area (Å²) in [5.41, 5.74) is -3.93. The number of carbonyl (C=O) groups is 3. The summed E-state index contributed by atoms with van der Waals surface area (Å²) in [5.74, 6) is -4.15. The number of hydrogen-bond donors (Lipinski definition) is 3. The number of aliphatic hydroxyl groups excluding tert-OH is 2. The van der Waals surface area contributed by atoms with Crippen LogP contribution in [-0.2, 0) is 34.0 Å². The van der Waals surface area contributed by atoms with Crippen molar-refractivity contribution in [1.82, 2.24) is 14.0 Å². The lowest BCUT2D eigenvalue weighted by molar-refractivity contribution is -0.143. The van der Waals surface area contributed by atoms with Crippen LogP contribution in [0.5, 0.6) is 0 Å². The van der Waals surface area contributed by atoms with Gasteiger partial charge >= 0.3 is 5.69 Å². The number of likely N-dealkylation sites (tertiary alicyclic amines) is 1. The number of ketones is 1. The summed E-state index contributed by atoms with van der Waals surface area (Å²) in [6.07, 6.45) is 0. The van der Waals surface area contributed by atoms with E-state index in [1.54, 1.807) is 12.1 Å². The molecule has 11 nitrogen and oxygen atoms in total. The highest BCUT2D eigenvalue weighted by molar-refractivity contribution is 6.49. The summed E-state index contributed by atoms with van der Waals surface area (Å²) in [7, 11) is 2.51. The smallest absolute Gasteiger partial charge is 0.332 e. The molecule has 1 aromatic carbocycles. The monoisotopic (exact) mass is 440 g/mol. The summed E-state index contributed by atoms with van der Waals surface area (Å²) in [4.78, 5) is 65.8. The van der Waals surface area contributed by atoms with Crippen molar-refractivity contribution in [3.05, 3.63) is 67.4 Å². The minimum Gasteiger partial charge on any atom is -0.507 e. The van der Waals surface area contributed by atoms with Crippen LogP contribution in [0.2, 0.25) is 0 Å². The number of β-amino-alcohol motifs (C(OH)–C–C–N with tert-alkyl or cyclic N) is 1.